The van der Waals surface area contributed by atoms with Crippen molar-refractivity contribution in [2.24, 2.45) is 0 Å². The van der Waals surface area contributed by atoms with Crippen molar-refractivity contribution in [3.05, 3.63) is 108 Å². The Labute approximate surface area is 187 Å². The molecule has 0 bridgehead atoms. The van der Waals surface area contributed by atoms with Gasteiger partial charge in [0.2, 0.25) is 0 Å². The van der Waals surface area contributed by atoms with Crippen molar-refractivity contribution in [1.29, 1.82) is 0 Å². The van der Waals surface area contributed by atoms with Gasteiger partial charge in [-0.2, -0.15) is 0 Å². The molecule has 6 aromatic carbocycles. The summed E-state index contributed by atoms with van der Waals surface area (Å²) in [7, 11) is 0. The molecule has 0 fully saturated rings. The molecular weight excluding hydrogens is 384 g/mol. The van der Waals surface area contributed by atoms with Crippen LogP contribution in [0.1, 0.15) is 11.1 Å². The molecule has 1 aliphatic carbocycles. The molecule has 7 rings (SSSR count). The molecule has 0 amide bonds. The lowest BCUT2D eigenvalue weighted by atomic mass is 9.91. The Balaban J connectivity index is 1.50. The number of fused-ring (bicyclic) bond motifs is 5. The van der Waals surface area contributed by atoms with E-state index in [-0.39, 0.29) is 0 Å². The predicted molar refractivity (Wildman–Crippen MR) is 138 cm³/mol. The summed E-state index contributed by atoms with van der Waals surface area (Å²) >= 11 is 0. The lowest BCUT2D eigenvalue weighted by molar-refractivity contribution is 1.47. The van der Waals surface area contributed by atoms with Gasteiger partial charge in [0.1, 0.15) is 0 Å². The van der Waals surface area contributed by atoms with Gasteiger partial charge in [0, 0.05) is 0 Å². The summed E-state index contributed by atoms with van der Waals surface area (Å²) in [5.41, 5.74) is 10.7. The quantitative estimate of drug-likeness (QED) is 0.255. The van der Waals surface area contributed by atoms with Gasteiger partial charge in [0.05, 0.1) is 0 Å². The SMILES string of the molecule is Cc1cc(-c2ccc3cc4c(cc3c2)-c2cccc3cccc-4c23)c2c(C)cccc2c1. The van der Waals surface area contributed by atoms with Crippen LogP contribution in [0.15, 0.2) is 97.1 Å². The van der Waals surface area contributed by atoms with Crippen molar-refractivity contribution in [3.8, 4) is 33.4 Å². The van der Waals surface area contributed by atoms with E-state index in [2.05, 4.69) is 111 Å². The summed E-state index contributed by atoms with van der Waals surface area (Å²) in [4.78, 5) is 0. The lowest BCUT2D eigenvalue weighted by Crippen LogP contribution is -1.88. The third kappa shape index (κ3) is 2.38. The minimum absolute atomic E-state index is 1.29. The molecule has 1 aliphatic rings. The van der Waals surface area contributed by atoms with Gasteiger partial charge < -0.3 is 0 Å². The highest BCUT2D eigenvalue weighted by atomic mass is 14.2. The summed E-state index contributed by atoms with van der Waals surface area (Å²) in [6.45, 7) is 4.41. The molecule has 0 spiro atoms. The minimum atomic E-state index is 1.29. The first kappa shape index (κ1) is 17.7. The Kier molecular flexibility index (Phi) is 3.50. The molecule has 6 aromatic rings. The second-order valence-corrected chi connectivity index (χ2v) is 9.15. The second-order valence-electron chi connectivity index (χ2n) is 9.15. The molecule has 0 nitrogen and oxygen atoms in total. The van der Waals surface area contributed by atoms with Gasteiger partial charge in [-0.15, -0.1) is 0 Å². The molecule has 32 heavy (non-hydrogen) atoms. The third-order valence-corrected chi connectivity index (χ3v) is 7.10. The van der Waals surface area contributed by atoms with E-state index in [1.165, 1.54) is 76.8 Å². The van der Waals surface area contributed by atoms with Crippen LogP contribution >= 0.6 is 0 Å². The zero-order valence-corrected chi connectivity index (χ0v) is 18.2. The largest absolute Gasteiger partial charge is 0.0614 e. The summed E-state index contributed by atoms with van der Waals surface area (Å²) < 4.78 is 0. The first-order chi connectivity index (χ1) is 15.7. The highest BCUT2D eigenvalue weighted by Crippen LogP contribution is 2.48. The van der Waals surface area contributed by atoms with Gasteiger partial charge in [-0.1, -0.05) is 78.9 Å². The fourth-order valence-electron chi connectivity index (χ4n) is 5.69. The topological polar surface area (TPSA) is 0 Å². The van der Waals surface area contributed by atoms with Crippen molar-refractivity contribution in [3.63, 3.8) is 0 Å². The molecule has 0 unspecified atom stereocenters. The van der Waals surface area contributed by atoms with E-state index >= 15 is 0 Å². The standard InChI is InChI=1S/C32H22/c1-19-14-24-9-3-6-20(2)31(24)28(15-19)23-13-12-22-17-29-26-10-4-7-21-8-5-11-27(32(21)26)30(29)18-25(22)16-23/h3-18H,1-2H3. The highest BCUT2D eigenvalue weighted by molar-refractivity contribution is 6.17. The second kappa shape index (κ2) is 6.31. The van der Waals surface area contributed by atoms with Gasteiger partial charge in [0.25, 0.3) is 0 Å². The molecule has 0 atom stereocenters. The van der Waals surface area contributed by atoms with Gasteiger partial charge in [-0.3, -0.25) is 0 Å². The molecule has 0 saturated carbocycles. The maximum atomic E-state index is 2.40. The molecule has 0 saturated heterocycles. The first-order valence-corrected chi connectivity index (χ1v) is 11.3. The average molecular weight is 407 g/mol. The van der Waals surface area contributed by atoms with Crippen molar-refractivity contribution in [2.45, 2.75) is 13.8 Å². The average Bonchev–Trinajstić information content (AvgIpc) is 3.12. The Morgan fingerprint density at radius 2 is 1.09 bits per heavy atom. The van der Waals surface area contributed by atoms with Crippen LogP contribution in [0.5, 0.6) is 0 Å². The van der Waals surface area contributed by atoms with Crippen molar-refractivity contribution in [1.82, 2.24) is 0 Å². The van der Waals surface area contributed by atoms with Gasteiger partial charge in [-0.05, 0) is 109 Å². The van der Waals surface area contributed by atoms with Crippen LogP contribution in [0, 0.1) is 13.8 Å². The predicted octanol–water partition coefficient (Wildman–Crippen LogP) is 9.08. The summed E-state index contributed by atoms with van der Waals surface area (Å²) in [6, 6.07) is 36.3. The zero-order valence-electron chi connectivity index (χ0n) is 18.2. The molecule has 0 radical (unpaired) electrons. The van der Waals surface area contributed by atoms with Crippen LogP contribution in [0.2, 0.25) is 0 Å². The van der Waals surface area contributed by atoms with E-state index in [4.69, 9.17) is 0 Å². The lowest BCUT2D eigenvalue weighted by Gasteiger charge is -2.13. The first-order valence-electron chi connectivity index (χ1n) is 11.3. The number of benzene rings is 6. The van der Waals surface area contributed by atoms with E-state index in [9.17, 15) is 0 Å². The maximum absolute atomic E-state index is 2.40. The van der Waals surface area contributed by atoms with Crippen LogP contribution in [-0.4, -0.2) is 0 Å². The van der Waals surface area contributed by atoms with Crippen LogP contribution in [0.25, 0.3) is 65.7 Å². The van der Waals surface area contributed by atoms with E-state index in [0.29, 0.717) is 0 Å². The van der Waals surface area contributed by atoms with Crippen LogP contribution in [0.4, 0.5) is 0 Å². The van der Waals surface area contributed by atoms with Gasteiger partial charge >= 0.3 is 0 Å². The Bertz CT molecular complexity index is 1730. The third-order valence-electron chi connectivity index (χ3n) is 7.10. The normalized spacial score (nSPS) is 12.1. The van der Waals surface area contributed by atoms with Crippen molar-refractivity contribution >= 4 is 32.3 Å². The monoisotopic (exact) mass is 406 g/mol. The Hall–Kier alpha value is -3.90. The maximum Gasteiger partial charge on any atom is -0.00264 e. The zero-order chi connectivity index (χ0) is 21.4. The van der Waals surface area contributed by atoms with E-state index in [0.717, 1.165) is 0 Å². The molecule has 0 heterocycles. The van der Waals surface area contributed by atoms with E-state index in [1.54, 1.807) is 0 Å². The molecule has 0 aliphatic heterocycles. The van der Waals surface area contributed by atoms with Gasteiger partial charge in [0.15, 0.2) is 0 Å². The van der Waals surface area contributed by atoms with Crippen LogP contribution < -0.4 is 0 Å². The summed E-state index contributed by atoms with van der Waals surface area (Å²) in [6.07, 6.45) is 0. The molecule has 0 heteroatoms. The van der Waals surface area contributed by atoms with Gasteiger partial charge in [-0.25, -0.2) is 0 Å². The Morgan fingerprint density at radius 1 is 0.406 bits per heavy atom. The van der Waals surface area contributed by atoms with E-state index in [1.807, 2.05) is 0 Å². The fraction of sp³-hybridized carbons (Fsp3) is 0.0625. The number of rotatable bonds is 1. The van der Waals surface area contributed by atoms with Crippen molar-refractivity contribution < 1.29 is 0 Å². The molecular formula is C32H22. The van der Waals surface area contributed by atoms with Crippen molar-refractivity contribution in [2.75, 3.05) is 0 Å². The van der Waals surface area contributed by atoms with Crippen LogP contribution in [0.3, 0.4) is 0 Å². The minimum Gasteiger partial charge on any atom is -0.0614 e. The van der Waals surface area contributed by atoms with Crippen LogP contribution in [-0.2, 0) is 0 Å². The Morgan fingerprint density at radius 3 is 1.88 bits per heavy atom. The van der Waals surface area contributed by atoms with E-state index < -0.39 is 0 Å². The summed E-state index contributed by atoms with van der Waals surface area (Å²) in [5.74, 6) is 0. The number of aryl methyl sites for hydroxylation is 2. The molecule has 0 aromatic heterocycles. The molecule has 150 valence electrons. The highest BCUT2D eigenvalue weighted by Gasteiger charge is 2.21. The fourth-order valence-corrected chi connectivity index (χ4v) is 5.69. The number of hydrogen-bond acceptors (Lipinski definition) is 0. The number of hydrogen-bond donors (Lipinski definition) is 0. The molecule has 0 N–H and O–H groups in total. The smallest absolute Gasteiger partial charge is 0.00264 e. The summed E-state index contributed by atoms with van der Waals surface area (Å²) in [5, 5.41) is 7.98.